The smallest absolute Gasteiger partial charge is 0.355 e. The molecular formula is C6H5N7O2. The monoisotopic (exact) mass is 207 g/mol. The van der Waals surface area contributed by atoms with Gasteiger partial charge in [-0.3, -0.25) is 10.1 Å². The van der Waals surface area contributed by atoms with E-state index in [4.69, 9.17) is 5.73 Å². The van der Waals surface area contributed by atoms with E-state index in [0.29, 0.717) is 0 Å². The van der Waals surface area contributed by atoms with Gasteiger partial charge in [0.25, 0.3) is 0 Å². The minimum Gasteiger partial charge on any atom is -0.378 e. The molecule has 2 aromatic heterocycles. The second-order valence-corrected chi connectivity index (χ2v) is 2.53. The van der Waals surface area contributed by atoms with Gasteiger partial charge in [-0.15, -0.1) is 0 Å². The first kappa shape index (κ1) is 8.99. The SMILES string of the molecule is Nc1ncnc(-n2cncn2)c1[N+](=O)[O-]. The number of hydrogen-bond acceptors (Lipinski definition) is 7. The number of rotatable bonds is 2. The highest BCUT2D eigenvalue weighted by Crippen LogP contribution is 2.23. The summed E-state index contributed by atoms with van der Waals surface area (Å²) in [7, 11) is 0. The Labute approximate surface area is 82.7 Å². The van der Waals surface area contributed by atoms with Crippen LogP contribution >= 0.6 is 0 Å². The Hall–Kier alpha value is -2.58. The third-order valence-corrected chi connectivity index (χ3v) is 1.65. The standard InChI is InChI=1S/C6H5N7O2/c7-5-4(13(14)15)6(10-2-9-5)12-3-8-1-11-12/h1-3H,(H2,7,9,10). The lowest BCUT2D eigenvalue weighted by molar-refractivity contribution is -0.384. The maximum absolute atomic E-state index is 10.7. The van der Waals surface area contributed by atoms with Crippen LogP contribution < -0.4 is 5.73 Å². The molecule has 0 saturated carbocycles. The molecule has 0 aliphatic rings. The molecule has 9 nitrogen and oxygen atoms in total. The molecule has 0 bridgehead atoms. The Balaban J connectivity index is 2.66. The van der Waals surface area contributed by atoms with Crippen molar-refractivity contribution in [2.45, 2.75) is 0 Å². The minimum absolute atomic E-state index is 0.00926. The van der Waals surface area contributed by atoms with E-state index in [0.717, 1.165) is 11.0 Å². The Morgan fingerprint density at radius 3 is 2.80 bits per heavy atom. The van der Waals surface area contributed by atoms with Crippen molar-refractivity contribution >= 4 is 11.5 Å². The molecule has 2 rings (SSSR count). The highest BCUT2D eigenvalue weighted by molar-refractivity contribution is 5.60. The molecule has 0 saturated heterocycles. The summed E-state index contributed by atoms with van der Waals surface area (Å²) in [6, 6.07) is 0. The van der Waals surface area contributed by atoms with Crippen LogP contribution in [0, 0.1) is 10.1 Å². The Bertz CT molecular complexity index is 494. The zero-order valence-electron chi connectivity index (χ0n) is 7.31. The van der Waals surface area contributed by atoms with Crippen LogP contribution in [-0.4, -0.2) is 29.7 Å². The van der Waals surface area contributed by atoms with Gasteiger partial charge < -0.3 is 5.73 Å². The molecule has 0 aromatic carbocycles. The number of nitro groups is 1. The number of nitrogen functional groups attached to an aromatic ring is 1. The summed E-state index contributed by atoms with van der Waals surface area (Å²) in [5, 5.41) is 14.4. The molecule has 2 heterocycles. The number of nitrogens with zero attached hydrogens (tertiary/aromatic N) is 6. The lowest BCUT2D eigenvalue weighted by atomic mass is 10.4. The van der Waals surface area contributed by atoms with Crippen LogP contribution in [0.25, 0.3) is 5.82 Å². The molecule has 15 heavy (non-hydrogen) atoms. The van der Waals surface area contributed by atoms with Gasteiger partial charge in [-0.1, -0.05) is 0 Å². The third kappa shape index (κ3) is 1.45. The first-order chi connectivity index (χ1) is 7.20. The normalized spacial score (nSPS) is 10.1. The van der Waals surface area contributed by atoms with Gasteiger partial charge in [-0.25, -0.2) is 15.0 Å². The van der Waals surface area contributed by atoms with E-state index >= 15 is 0 Å². The second kappa shape index (κ2) is 3.29. The summed E-state index contributed by atoms with van der Waals surface area (Å²) in [5.41, 5.74) is 4.99. The summed E-state index contributed by atoms with van der Waals surface area (Å²) >= 11 is 0. The fourth-order valence-corrected chi connectivity index (χ4v) is 1.04. The van der Waals surface area contributed by atoms with E-state index in [1.54, 1.807) is 0 Å². The molecule has 76 valence electrons. The molecular weight excluding hydrogens is 202 g/mol. The molecule has 0 aliphatic heterocycles. The predicted molar refractivity (Wildman–Crippen MR) is 48.0 cm³/mol. The first-order valence-electron chi connectivity index (χ1n) is 3.80. The van der Waals surface area contributed by atoms with Gasteiger partial charge in [-0.2, -0.15) is 9.78 Å². The van der Waals surface area contributed by atoms with E-state index in [1.165, 1.54) is 12.7 Å². The molecule has 9 heteroatoms. The molecule has 0 spiro atoms. The summed E-state index contributed by atoms with van der Waals surface area (Å²) in [6.45, 7) is 0. The third-order valence-electron chi connectivity index (χ3n) is 1.65. The zero-order valence-corrected chi connectivity index (χ0v) is 7.31. The van der Waals surface area contributed by atoms with Crippen LogP contribution in [0.15, 0.2) is 19.0 Å². The molecule has 0 unspecified atom stereocenters. The largest absolute Gasteiger partial charge is 0.378 e. The van der Waals surface area contributed by atoms with Crippen molar-refractivity contribution in [3.63, 3.8) is 0 Å². The van der Waals surface area contributed by atoms with Gasteiger partial charge in [0.2, 0.25) is 11.6 Å². The van der Waals surface area contributed by atoms with Crippen LogP contribution in [0.4, 0.5) is 11.5 Å². The number of anilines is 1. The fraction of sp³-hybridized carbons (Fsp3) is 0. The van der Waals surface area contributed by atoms with E-state index in [-0.39, 0.29) is 17.3 Å². The highest BCUT2D eigenvalue weighted by atomic mass is 16.6. The van der Waals surface area contributed by atoms with E-state index < -0.39 is 4.92 Å². The lowest BCUT2D eigenvalue weighted by Crippen LogP contribution is -2.07. The second-order valence-electron chi connectivity index (χ2n) is 2.53. The van der Waals surface area contributed by atoms with E-state index in [2.05, 4.69) is 20.1 Å². The van der Waals surface area contributed by atoms with Crippen molar-refractivity contribution in [2.24, 2.45) is 0 Å². The topological polar surface area (TPSA) is 126 Å². The molecule has 2 N–H and O–H groups in total. The van der Waals surface area contributed by atoms with Crippen molar-refractivity contribution in [2.75, 3.05) is 5.73 Å². The fourth-order valence-electron chi connectivity index (χ4n) is 1.04. The minimum atomic E-state index is -0.660. The van der Waals surface area contributed by atoms with Gasteiger partial charge in [-0.05, 0) is 0 Å². The van der Waals surface area contributed by atoms with Crippen molar-refractivity contribution in [3.05, 3.63) is 29.1 Å². The summed E-state index contributed by atoms with van der Waals surface area (Å²) in [4.78, 5) is 21.0. The Morgan fingerprint density at radius 1 is 1.40 bits per heavy atom. The highest BCUT2D eigenvalue weighted by Gasteiger charge is 2.22. The summed E-state index contributed by atoms with van der Waals surface area (Å²) in [5.74, 6) is -0.217. The quantitative estimate of drug-likeness (QED) is 0.521. The lowest BCUT2D eigenvalue weighted by Gasteiger charge is -2.01. The van der Waals surface area contributed by atoms with Crippen molar-refractivity contribution in [1.82, 2.24) is 24.7 Å². The first-order valence-corrected chi connectivity index (χ1v) is 3.80. The molecule has 0 amide bonds. The van der Waals surface area contributed by atoms with Crippen molar-refractivity contribution < 1.29 is 4.92 Å². The van der Waals surface area contributed by atoms with Crippen LogP contribution in [0.3, 0.4) is 0 Å². The number of aromatic nitrogens is 5. The van der Waals surface area contributed by atoms with Crippen LogP contribution in [-0.2, 0) is 0 Å². The number of hydrogen-bond donors (Lipinski definition) is 1. The average Bonchev–Trinajstić information content (AvgIpc) is 2.69. The predicted octanol–water partition coefficient (Wildman–Crippen LogP) is -0.452. The molecule has 0 fully saturated rings. The average molecular weight is 207 g/mol. The maximum Gasteiger partial charge on any atom is 0.355 e. The Kier molecular flexibility index (Phi) is 1.97. The molecule has 0 aliphatic carbocycles. The molecule has 2 aromatic rings. The van der Waals surface area contributed by atoms with Gasteiger partial charge in [0, 0.05) is 0 Å². The summed E-state index contributed by atoms with van der Waals surface area (Å²) in [6.07, 6.45) is 3.65. The van der Waals surface area contributed by atoms with Crippen LogP contribution in [0.1, 0.15) is 0 Å². The van der Waals surface area contributed by atoms with Crippen LogP contribution in [0.5, 0.6) is 0 Å². The van der Waals surface area contributed by atoms with Gasteiger partial charge >= 0.3 is 5.69 Å². The van der Waals surface area contributed by atoms with Gasteiger partial charge in [0.15, 0.2) is 0 Å². The van der Waals surface area contributed by atoms with E-state index in [1.807, 2.05) is 0 Å². The maximum atomic E-state index is 10.7. The van der Waals surface area contributed by atoms with Crippen LogP contribution in [0.2, 0.25) is 0 Å². The molecule has 0 radical (unpaired) electrons. The number of nitrogens with two attached hydrogens (primary N) is 1. The van der Waals surface area contributed by atoms with E-state index in [9.17, 15) is 10.1 Å². The van der Waals surface area contributed by atoms with Gasteiger partial charge in [0.1, 0.15) is 19.0 Å². The van der Waals surface area contributed by atoms with Crippen molar-refractivity contribution in [1.29, 1.82) is 0 Å². The Morgan fingerprint density at radius 2 is 2.20 bits per heavy atom. The zero-order chi connectivity index (χ0) is 10.8. The summed E-state index contributed by atoms with van der Waals surface area (Å²) < 4.78 is 1.15. The molecule has 0 atom stereocenters. The van der Waals surface area contributed by atoms with Crippen molar-refractivity contribution in [3.8, 4) is 5.82 Å². The van der Waals surface area contributed by atoms with Gasteiger partial charge in [0.05, 0.1) is 4.92 Å².